The summed E-state index contributed by atoms with van der Waals surface area (Å²) in [5.41, 5.74) is 3.49. The maximum atomic E-state index is 13.1. The zero-order valence-corrected chi connectivity index (χ0v) is 18.2. The number of carbonyl (C=O) groups excluding carboxylic acids is 1. The highest BCUT2D eigenvalue weighted by atomic mass is 16.5. The zero-order chi connectivity index (χ0) is 21.7. The van der Waals surface area contributed by atoms with Gasteiger partial charge in [-0.2, -0.15) is 0 Å². The Labute approximate surface area is 183 Å². The van der Waals surface area contributed by atoms with Crippen molar-refractivity contribution in [1.29, 1.82) is 0 Å². The summed E-state index contributed by atoms with van der Waals surface area (Å²) in [6, 6.07) is 14.1. The van der Waals surface area contributed by atoms with Crippen molar-refractivity contribution in [3.8, 4) is 11.3 Å². The molecule has 1 fully saturated rings. The van der Waals surface area contributed by atoms with Crippen LogP contribution in [-0.2, 0) is 22.5 Å². The van der Waals surface area contributed by atoms with Crippen molar-refractivity contribution in [1.82, 2.24) is 15.0 Å². The van der Waals surface area contributed by atoms with Crippen molar-refractivity contribution in [3.05, 3.63) is 71.7 Å². The summed E-state index contributed by atoms with van der Waals surface area (Å²) >= 11 is 0. The van der Waals surface area contributed by atoms with E-state index < -0.39 is 5.41 Å². The Balaban J connectivity index is 1.56. The third kappa shape index (κ3) is 4.85. The van der Waals surface area contributed by atoms with E-state index in [4.69, 9.17) is 9.26 Å². The highest BCUT2D eigenvalue weighted by molar-refractivity contribution is 5.78. The summed E-state index contributed by atoms with van der Waals surface area (Å²) in [6.45, 7) is 6.61. The fourth-order valence-corrected chi connectivity index (χ4v) is 4.50. The summed E-state index contributed by atoms with van der Waals surface area (Å²) in [4.78, 5) is 19.7. The third-order valence-electron chi connectivity index (χ3n) is 5.99. The van der Waals surface area contributed by atoms with Crippen LogP contribution in [0.2, 0.25) is 0 Å². The normalized spacial score (nSPS) is 19.3. The van der Waals surface area contributed by atoms with Gasteiger partial charge in [0.2, 0.25) is 0 Å². The number of piperidine rings is 1. The average Bonchev–Trinajstić information content (AvgIpc) is 3.23. The summed E-state index contributed by atoms with van der Waals surface area (Å²) in [5.74, 6) is 0.564. The molecule has 0 spiro atoms. The Morgan fingerprint density at radius 1 is 1.26 bits per heavy atom. The molecule has 1 atom stereocenters. The molecule has 6 heteroatoms. The predicted molar refractivity (Wildman–Crippen MR) is 118 cm³/mol. The molecule has 0 radical (unpaired) electrons. The number of aryl methyl sites for hydroxylation is 1. The van der Waals surface area contributed by atoms with Gasteiger partial charge in [-0.1, -0.05) is 35.5 Å². The third-order valence-corrected chi connectivity index (χ3v) is 5.99. The van der Waals surface area contributed by atoms with Crippen molar-refractivity contribution < 1.29 is 14.1 Å². The minimum Gasteiger partial charge on any atom is -0.466 e. The van der Waals surface area contributed by atoms with Gasteiger partial charge in [-0.15, -0.1) is 0 Å². The molecule has 1 saturated heterocycles. The van der Waals surface area contributed by atoms with E-state index in [1.54, 1.807) is 6.20 Å². The van der Waals surface area contributed by atoms with E-state index in [-0.39, 0.29) is 5.97 Å². The Hall–Kier alpha value is -2.99. The summed E-state index contributed by atoms with van der Waals surface area (Å²) in [6.07, 6.45) is 5.84. The van der Waals surface area contributed by atoms with Crippen LogP contribution >= 0.6 is 0 Å². The van der Waals surface area contributed by atoms with Crippen LogP contribution in [0.1, 0.15) is 36.7 Å². The quantitative estimate of drug-likeness (QED) is 0.528. The zero-order valence-electron chi connectivity index (χ0n) is 18.2. The predicted octanol–water partition coefficient (Wildman–Crippen LogP) is 4.43. The van der Waals surface area contributed by atoms with Gasteiger partial charge in [0.1, 0.15) is 11.5 Å². The largest absolute Gasteiger partial charge is 0.466 e. The lowest BCUT2D eigenvalue weighted by Crippen LogP contribution is -2.49. The summed E-state index contributed by atoms with van der Waals surface area (Å²) in [7, 11) is 0. The Kier molecular flexibility index (Phi) is 6.47. The maximum Gasteiger partial charge on any atom is 0.313 e. The highest BCUT2D eigenvalue weighted by Crippen LogP contribution is 2.37. The molecule has 3 aromatic rings. The Bertz CT molecular complexity index is 1020. The second-order valence-corrected chi connectivity index (χ2v) is 8.35. The molecule has 0 aliphatic carbocycles. The van der Waals surface area contributed by atoms with Crippen LogP contribution < -0.4 is 0 Å². The molecule has 6 nitrogen and oxygen atoms in total. The molecular formula is C25H29N3O3. The maximum absolute atomic E-state index is 13.1. The van der Waals surface area contributed by atoms with Gasteiger partial charge in [0.15, 0.2) is 0 Å². The van der Waals surface area contributed by atoms with Gasteiger partial charge < -0.3 is 9.26 Å². The number of pyridine rings is 1. The smallest absolute Gasteiger partial charge is 0.313 e. The van der Waals surface area contributed by atoms with Crippen LogP contribution in [0.4, 0.5) is 0 Å². The van der Waals surface area contributed by atoms with E-state index in [9.17, 15) is 4.79 Å². The fourth-order valence-electron chi connectivity index (χ4n) is 4.50. The molecule has 1 aromatic carbocycles. The van der Waals surface area contributed by atoms with Gasteiger partial charge >= 0.3 is 5.97 Å². The van der Waals surface area contributed by atoms with Gasteiger partial charge in [-0.25, -0.2) is 0 Å². The molecule has 4 rings (SSSR count). The van der Waals surface area contributed by atoms with Crippen LogP contribution in [0, 0.1) is 12.3 Å². The Morgan fingerprint density at radius 3 is 2.90 bits per heavy atom. The lowest BCUT2D eigenvalue weighted by molar-refractivity contribution is -0.159. The average molecular weight is 420 g/mol. The van der Waals surface area contributed by atoms with Crippen LogP contribution in [0.15, 0.2) is 59.4 Å². The van der Waals surface area contributed by atoms with E-state index in [1.807, 2.05) is 43.5 Å². The van der Waals surface area contributed by atoms with E-state index in [1.165, 1.54) is 0 Å². The SMILES string of the molecule is CCOC(=O)[C@@]1(Cc2cc(-c3ccccc3C)no2)CCCN(Cc2cccnc2)C1. The molecule has 0 unspecified atom stereocenters. The Morgan fingerprint density at radius 2 is 2.13 bits per heavy atom. The molecule has 1 aliphatic rings. The number of hydrogen-bond donors (Lipinski definition) is 0. The van der Waals surface area contributed by atoms with E-state index in [2.05, 4.69) is 34.1 Å². The number of nitrogens with zero attached hydrogens (tertiary/aromatic N) is 3. The minimum absolute atomic E-state index is 0.153. The first-order chi connectivity index (χ1) is 15.1. The van der Waals surface area contributed by atoms with Gasteiger partial charge in [-0.05, 0) is 50.4 Å². The summed E-state index contributed by atoms with van der Waals surface area (Å²) in [5, 5.41) is 4.29. The topological polar surface area (TPSA) is 68.5 Å². The monoisotopic (exact) mass is 419 g/mol. The number of ether oxygens (including phenoxy) is 1. The number of rotatable bonds is 7. The van der Waals surface area contributed by atoms with Gasteiger partial charge in [0.05, 0.1) is 12.0 Å². The van der Waals surface area contributed by atoms with Crippen LogP contribution in [0.5, 0.6) is 0 Å². The molecule has 31 heavy (non-hydrogen) atoms. The molecule has 1 aliphatic heterocycles. The van der Waals surface area contributed by atoms with Crippen molar-refractivity contribution in [2.75, 3.05) is 19.7 Å². The number of carbonyl (C=O) groups is 1. The molecule has 0 N–H and O–H groups in total. The van der Waals surface area contributed by atoms with Crippen molar-refractivity contribution >= 4 is 5.97 Å². The van der Waals surface area contributed by atoms with Crippen LogP contribution in [0.25, 0.3) is 11.3 Å². The fraction of sp³-hybridized carbons (Fsp3) is 0.400. The molecule has 2 aromatic heterocycles. The van der Waals surface area contributed by atoms with E-state index in [0.29, 0.717) is 19.6 Å². The highest BCUT2D eigenvalue weighted by Gasteiger charge is 2.44. The molecule has 3 heterocycles. The lowest BCUT2D eigenvalue weighted by atomic mass is 9.76. The summed E-state index contributed by atoms with van der Waals surface area (Å²) < 4.78 is 11.2. The minimum atomic E-state index is -0.640. The number of aromatic nitrogens is 2. The lowest BCUT2D eigenvalue weighted by Gasteiger charge is -2.40. The molecule has 162 valence electrons. The van der Waals surface area contributed by atoms with Crippen molar-refractivity contribution in [2.45, 2.75) is 39.7 Å². The molecule has 0 amide bonds. The van der Waals surface area contributed by atoms with Gasteiger partial charge in [0, 0.05) is 43.5 Å². The van der Waals surface area contributed by atoms with Gasteiger partial charge in [0.25, 0.3) is 0 Å². The first-order valence-electron chi connectivity index (χ1n) is 10.9. The van der Waals surface area contributed by atoms with E-state index >= 15 is 0 Å². The van der Waals surface area contributed by atoms with E-state index in [0.717, 1.165) is 54.1 Å². The standard InChI is InChI=1S/C25H29N3O3/c1-3-30-24(29)25(11-7-13-28(18-25)17-20-9-6-12-26-16-20)15-21-14-23(27-31-21)22-10-5-4-8-19(22)2/h4-6,8-10,12,14,16H,3,7,11,13,15,17-18H2,1-2H3/t25-/m1/s1. The second kappa shape index (κ2) is 9.43. The van der Waals surface area contributed by atoms with Crippen molar-refractivity contribution in [2.24, 2.45) is 5.41 Å². The first kappa shape index (κ1) is 21.2. The van der Waals surface area contributed by atoms with Crippen LogP contribution in [-0.4, -0.2) is 40.7 Å². The van der Waals surface area contributed by atoms with Crippen molar-refractivity contribution in [3.63, 3.8) is 0 Å². The number of likely N-dealkylation sites (tertiary alicyclic amines) is 1. The molecular weight excluding hydrogens is 390 g/mol. The number of hydrogen-bond acceptors (Lipinski definition) is 6. The first-order valence-corrected chi connectivity index (χ1v) is 10.9. The van der Waals surface area contributed by atoms with Crippen LogP contribution in [0.3, 0.4) is 0 Å². The van der Waals surface area contributed by atoms with Gasteiger partial charge in [-0.3, -0.25) is 14.7 Å². The second-order valence-electron chi connectivity index (χ2n) is 8.35. The molecule has 0 saturated carbocycles. The molecule has 0 bridgehead atoms. The number of esters is 1. The number of benzene rings is 1.